The van der Waals surface area contributed by atoms with Gasteiger partial charge in [0.2, 0.25) is 5.13 Å². The number of rotatable bonds is 2. The van der Waals surface area contributed by atoms with Crippen LogP contribution in [0.25, 0.3) is 5.13 Å². The highest BCUT2D eigenvalue weighted by Gasteiger charge is 2.00. The normalized spacial score (nSPS) is 9.62. The van der Waals surface area contributed by atoms with Crippen molar-refractivity contribution in [1.29, 1.82) is 0 Å². The molecule has 6 heteroatoms. The lowest BCUT2D eigenvalue weighted by Crippen LogP contribution is -1.94. The molecule has 0 spiro atoms. The van der Waals surface area contributed by atoms with Crippen LogP contribution < -0.4 is 5.73 Å². The molecule has 0 bridgehead atoms. The molecule has 0 aromatic carbocycles. The minimum absolute atomic E-state index is 0. The molecule has 2 aromatic rings. The summed E-state index contributed by atoms with van der Waals surface area (Å²) in [5.41, 5.74) is 6.46. The summed E-state index contributed by atoms with van der Waals surface area (Å²) in [6, 6.07) is 0. The van der Waals surface area contributed by atoms with Gasteiger partial charge >= 0.3 is 0 Å². The van der Waals surface area contributed by atoms with E-state index in [1.54, 1.807) is 28.4 Å². The van der Waals surface area contributed by atoms with Gasteiger partial charge in [-0.1, -0.05) is 0 Å². The first-order chi connectivity index (χ1) is 5.90. The summed E-state index contributed by atoms with van der Waals surface area (Å²) in [5, 5.41) is 6.90. The van der Waals surface area contributed by atoms with Crippen LogP contribution in [0.2, 0.25) is 0 Å². The molecule has 0 radical (unpaired) electrons. The fourth-order valence-corrected chi connectivity index (χ4v) is 1.47. The molecule has 0 saturated carbocycles. The predicted molar refractivity (Wildman–Crippen MR) is 54.4 cm³/mol. The highest BCUT2D eigenvalue weighted by atomic mass is 35.5. The van der Waals surface area contributed by atoms with Crippen LogP contribution in [0.3, 0.4) is 0 Å². The average Bonchev–Trinajstić information content (AvgIpc) is 2.75. The molecule has 0 unspecified atom stereocenters. The second-order valence-electron chi connectivity index (χ2n) is 2.31. The van der Waals surface area contributed by atoms with Gasteiger partial charge in [0, 0.05) is 29.9 Å². The lowest BCUT2D eigenvalue weighted by atomic mass is 10.4. The summed E-state index contributed by atoms with van der Waals surface area (Å²) in [7, 11) is 0. The minimum atomic E-state index is 0. The zero-order chi connectivity index (χ0) is 8.39. The quantitative estimate of drug-likeness (QED) is 0.821. The van der Waals surface area contributed by atoms with E-state index in [0.29, 0.717) is 6.54 Å². The van der Waals surface area contributed by atoms with Crippen molar-refractivity contribution in [2.45, 2.75) is 6.54 Å². The van der Waals surface area contributed by atoms with Gasteiger partial charge in [0.15, 0.2) is 0 Å². The zero-order valence-electron chi connectivity index (χ0n) is 6.75. The molecular weight excluding hydrogens is 208 g/mol. The Kier molecular flexibility index (Phi) is 3.41. The molecule has 0 aliphatic rings. The molecule has 0 atom stereocenters. The largest absolute Gasteiger partial charge is 0.326 e. The Morgan fingerprint density at radius 3 is 2.92 bits per heavy atom. The van der Waals surface area contributed by atoms with Gasteiger partial charge in [-0.2, -0.15) is 5.10 Å². The molecule has 2 N–H and O–H groups in total. The van der Waals surface area contributed by atoms with Gasteiger partial charge in [-0.3, -0.25) is 0 Å². The molecule has 2 rings (SSSR count). The number of halogens is 1. The summed E-state index contributed by atoms with van der Waals surface area (Å²) in [4.78, 5) is 4.11. The maximum atomic E-state index is 5.45. The fraction of sp³-hybridized carbons (Fsp3) is 0.143. The van der Waals surface area contributed by atoms with Crippen molar-refractivity contribution in [3.63, 3.8) is 0 Å². The van der Waals surface area contributed by atoms with E-state index in [0.717, 1.165) is 10.7 Å². The second-order valence-corrected chi connectivity index (χ2v) is 3.18. The van der Waals surface area contributed by atoms with Crippen molar-refractivity contribution >= 4 is 23.7 Å². The summed E-state index contributed by atoms with van der Waals surface area (Å²) in [5.74, 6) is 0. The van der Waals surface area contributed by atoms with Gasteiger partial charge in [-0.05, 0) is 0 Å². The van der Waals surface area contributed by atoms with Gasteiger partial charge in [-0.15, -0.1) is 23.7 Å². The van der Waals surface area contributed by atoms with Crippen molar-refractivity contribution in [3.05, 3.63) is 29.5 Å². The number of hydrogen-bond acceptors (Lipinski definition) is 4. The maximum absolute atomic E-state index is 5.45. The van der Waals surface area contributed by atoms with Crippen LogP contribution in [0.15, 0.2) is 24.0 Å². The molecule has 0 aliphatic heterocycles. The first kappa shape index (κ1) is 10.2. The van der Waals surface area contributed by atoms with E-state index >= 15 is 0 Å². The van der Waals surface area contributed by atoms with E-state index in [2.05, 4.69) is 10.1 Å². The number of nitrogens with zero attached hydrogens (tertiary/aromatic N) is 3. The fourth-order valence-electron chi connectivity index (χ4n) is 0.899. The lowest BCUT2D eigenvalue weighted by molar-refractivity contribution is 0.868. The van der Waals surface area contributed by atoms with Gasteiger partial charge in [0.1, 0.15) is 0 Å². The van der Waals surface area contributed by atoms with Crippen molar-refractivity contribution < 1.29 is 0 Å². The zero-order valence-corrected chi connectivity index (χ0v) is 8.38. The first-order valence-electron chi connectivity index (χ1n) is 3.53. The molecule has 13 heavy (non-hydrogen) atoms. The Bertz CT molecular complexity index is 356. The summed E-state index contributed by atoms with van der Waals surface area (Å²) in [6.45, 7) is 0.519. The van der Waals surface area contributed by atoms with Gasteiger partial charge in [0.05, 0.1) is 6.20 Å². The van der Waals surface area contributed by atoms with E-state index in [4.69, 9.17) is 5.73 Å². The molecule has 0 aliphatic carbocycles. The molecule has 2 aromatic heterocycles. The third-order valence-electron chi connectivity index (χ3n) is 1.49. The van der Waals surface area contributed by atoms with E-state index in [1.807, 2.05) is 11.6 Å². The van der Waals surface area contributed by atoms with E-state index in [1.165, 1.54) is 0 Å². The average molecular weight is 217 g/mol. The highest BCUT2D eigenvalue weighted by Crippen LogP contribution is 2.10. The van der Waals surface area contributed by atoms with Gasteiger partial charge in [0.25, 0.3) is 0 Å². The molecule has 0 fully saturated rings. The number of thiazole rings is 1. The summed E-state index contributed by atoms with van der Waals surface area (Å²) < 4.78 is 1.73. The van der Waals surface area contributed by atoms with Crippen LogP contribution >= 0.6 is 23.7 Å². The highest BCUT2D eigenvalue weighted by molar-refractivity contribution is 7.12. The van der Waals surface area contributed by atoms with Crippen LogP contribution in [0.1, 0.15) is 5.56 Å². The van der Waals surface area contributed by atoms with Crippen molar-refractivity contribution in [3.8, 4) is 5.13 Å². The van der Waals surface area contributed by atoms with Crippen LogP contribution in [0.5, 0.6) is 0 Å². The van der Waals surface area contributed by atoms with Gasteiger partial charge in [-0.25, -0.2) is 9.67 Å². The Labute approximate surface area is 85.8 Å². The number of nitrogens with two attached hydrogens (primary N) is 1. The molecular formula is C7H9ClN4S. The Hall–Kier alpha value is -0.910. The van der Waals surface area contributed by atoms with E-state index < -0.39 is 0 Å². The Morgan fingerprint density at radius 2 is 2.38 bits per heavy atom. The molecule has 4 nitrogen and oxygen atoms in total. The standard InChI is InChI=1S/C7H8N4S.ClH/c8-3-6-4-10-11(5-6)7-9-1-2-12-7;/h1-2,4-5H,3,8H2;1H. The van der Waals surface area contributed by atoms with Crippen LogP contribution in [-0.2, 0) is 6.54 Å². The van der Waals surface area contributed by atoms with Gasteiger partial charge < -0.3 is 5.73 Å². The molecule has 2 heterocycles. The topological polar surface area (TPSA) is 56.7 Å². The lowest BCUT2D eigenvalue weighted by Gasteiger charge is -1.91. The number of hydrogen-bond donors (Lipinski definition) is 1. The van der Waals surface area contributed by atoms with Crippen LogP contribution in [0, 0.1) is 0 Å². The predicted octanol–water partition coefficient (Wildman–Crippen LogP) is 1.21. The summed E-state index contributed by atoms with van der Waals surface area (Å²) in [6.07, 6.45) is 5.39. The smallest absolute Gasteiger partial charge is 0.210 e. The van der Waals surface area contributed by atoms with Crippen LogP contribution in [0.4, 0.5) is 0 Å². The molecule has 70 valence electrons. The van der Waals surface area contributed by atoms with Crippen molar-refractivity contribution in [2.75, 3.05) is 0 Å². The monoisotopic (exact) mass is 216 g/mol. The Balaban J connectivity index is 0.000000845. The molecule has 0 saturated heterocycles. The van der Waals surface area contributed by atoms with Crippen LogP contribution in [-0.4, -0.2) is 14.8 Å². The Morgan fingerprint density at radius 1 is 1.54 bits per heavy atom. The SMILES string of the molecule is Cl.NCc1cnn(-c2nccs2)c1. The maximum Gasteiger partial charge on any atom is 0.210 e. The number of aromatic nitrogens is 3. The third-order valence-corrected chi connectivity index (χ3v) is 2.25. The van der Waals surface area contributed by atoms with Crippen molar-refractivity contribution in [1.82, 2.24) is 14.8 Å². The van der Waals surface area contributed by atoms with E-state index in [9.17, 15) is 0 Å². The summed E-state index contributed by atoms with van der Waals surface area (Å²) >= 11 is 1.55. The first-order valence-corrected chi connectivity index (χ1v) is 4.41. The third kappa shape index (κ3) is 2.06. The minimum Gasteiger partial charge on any atom is -0.326 e. The van der Waals surface area contributed by atoms with E-state index in [-0.39, 0.29) is 12.4 Å². The van der Waals surface area contributed by atoms with Crippen molar-refractivity contribution in [2.24, 2.45) is 5.73 Å². The molecule has 0 amide bonds. The second kappa shape index (κ2) is 4.36.